The minimum absolute atomic E-state index is 0.142. The van der Waals surface area contributed by atoms with Crippen molar-refractivity contribution >= 4 is 11.7 Å². The summed E-state index contributed by atoms with van der Waals surface area (Å²) in [4.78, 5) is 25.7. The molecule has 0 aliphatic heterocycles. The molecule has 0 aromatic carbocycles. The van der Waals surface area contributed by atoms with Gasteiger partial charge in [0.1, 0.15) is 5.78 Å². The zero-order valence-electron chi connectivity index (χ0n) is 26.3. The van der Waals surface area contributed by atoms with Gasteiger partial charge < -0.3 is 21.3 Å². The molecule has 5 rings (SSSR count). The Labute approximate surface area is 250 Å². The molecule has 41 heavy (non-hydrogen) atoms. The van der Waals surface area contributed by atoms with E-state index < -0.39 is 0 Å². The molecule has 0 saturated heterocycles. The summed E-state index contributed by atoms with van der Waals surface area (Å²) in [6, 6.07) is 0.551. The number of carbonyl (C=O) groups is 2. The lowest BCUT2D eigenvalue weighted by Gasteiger charge is -2.54. The van der Waals surface area contributed by atoms with Crippen LogP contribution in [0.15, 0.2) is 11.6 Å². The van der Waals surface area contributed by atoms with Crippen molar-refractivity contribution in [2.45, 2.75) is 116 Å². The molecule has 6 heteroatoms. The minimum atomic E-state index is 0.142. The summed E-state index contributed by atoms with van der Waals surface area (Å²) in [6.07, 6.45) is 21.2. The fourth-order valence-electron chi connectivity index (χ4n) is 9.31. The van der Waals surface area contributed by atoms with Crippen molar-refractivity contribution in [2.75, 3.05) is 39.8 Å². The molecule has 5 aliphatic carbocycles. The van der Waals surface area contributed by atoms with E-state index in [2.05, 4.69) is 34.3 Å². The Kier molecular flexibility index (Phi) is 11.4. The Bertz CT molecular complexity index is 901. The zero-order chi connectivity index (χ0) is 28.7. The molecular weight excluding hydrogens is 508 g/mol. The zero-order valence-corrected chi connectivity index (χ0v) is 26.3. The van der Waals surface area contributed by atoms with Crippen molar-refractivity contribution in [1.29, 1.82) is 0 Å². The summed E-state index contributed by atoms with van der Waals surface area (Å²) >= 11 is 0. The molecule has 6 nitrogen and oxygen atoms in total. The van der Waals surface area contributed by atoms with Gasteiger partial charge in [-0.1, -0.05) is 25.0 Å². The third kappa shape index (κ3) is 8.03. The third-order valence-corrected chi connectivity index (χ3v) is 11.6. The average molecular weight is 569 g/mol. The highest BCUT2D eigenvalue weighted by Gasteiger charge is 2.61. The molecule has 4 unspecified atom stereocenters. The summed E-state index contributed by atoms with van der Waals surface area (Å²) in [5.41, 5.74) is 1.78. The molecule has 5 aliphatic rings. The minimum Gasteiger partial charge on any atom is -0.359 e. The molecule has 1 amide bonds. The second-order valence-electron chi connectivity index (χ2n) is 14.6. The third-order valence-electron chi connectivity index (χ3n) is 11.6. The molecule has 4 saturated carbocycles. The smallest absolute Gasteiger partial charge is 0.220 e. The Morgan fingerprint density at radius 3 is 2.56 bits per heavy atom. The van der Waals surface area contributed by atoms with Gasteiger partial charge in [0.15, 0.2) is 0 Å². The van der Waals surface area contributed by atoms with E-state index in [0.29, 0.717) is 41.9 Å². The molecule has 7 atom stereocenters. The van der Waals surface area contributed by atoms with Crippen LogP contribution in [-0.4, -0.2) is 57.5 Å². The first kappa shape index (κ1) is 31.2. The monoisotopic (exact) mass is 568 g/mol. The Morgan fingerprint density at radius 1 is 0.951 bits per heavy atom. The van der Waals surface area contributed by atoms with Gasteiger partial charge in [-0.05, 0) is 151 Å². The Balaban J connectivity index is 1.02. The van der Waals surface area contributed by atoms with Crippen LogP contribution in [0.25, 0.3) is 0 Å². The van der Waals surface area contributed by atoms with Crippen LogP contribution in [0.4, 0.5) is 0 Å². The lowest BCUT2D eigenvalue weighted by Crippen LogP contribution is -2.49. The molecule has 0 aromatic rings. The number of hydrogen-bond donors (Lipinski definition) is 4. The van der Waals surface area contributed by atoms with Gasteiger partial charge in [-0.15, -0.1) is 0 Å². The van der Waals surface area contributed by atoms with Crippen LogP contribution in [0.2, 0.25) is 0 Å². The highest BCUT2D eigenvalue weighted by molar-refractivity contribution is 5.82. The predicted octanol–water partition coefficient (Wildman–Crippen LogP) is 5.38. The number of amides is 1. The Hall–Kier alpha value is -1.24. The largest absolute Gasteiger partial charge is 0.359 e. The van der Waals surface area contributed by atoms with Crippen molar-refractivity contribution in [2.24, 2.45) is 40.9 Å². The summed E-state index contributed by atoms with van der Waals surface area (Å²) in [7, 11) is 1.73. The van der Waals surface area contributed by atoms with E-state index in [1.165, 1.54) is 95.7 Å². The van der Waals surface area contributed by atoms with Gasteiger partial charge in [0.2, 0.25) is 5.91 Å². The normalized spacial score (nSPS) is 35.1. The molecule has 0 bridgehead atoms. The van der Waals surface area contributed by atoms with E-state index in [0.717, 1.165) is 44.8 Å². The molecule has 232 valence electrons. The average Bonchev–Trinajstić information content (AvgIpc) is 3.73. The van der Waals surface area contributed by atoms with E-state index in [1.807, 2.05) is 0 Å². The van der Waals surface area contributed by atoms with E-state index in [4.69, 9.17) is 0 Å². The van der Waals surface area contributed by atoms with Crippen LogP contribution < -0.4 is 21.3 Å². The van der Waals surface area contributed by atoms with Crippen molar-refractivity contribution in [1.82, 2.24) is 21.3 Å². The number of hydrogen-bond acceptors (Lipinski definition) is 5. The second kappa shape index (κ2) is 15.0. The van der Waals surface area contributed by atoms with Gasteiger partial charge in [0, 0.05) is 31.8 Å². The van der Waals surface area contributed by atoms with Crippen LogP contribution in [-0.2, 0) is 9.59 Å². The van der Waals surface area contributed by atoms with Gasteiger partial charge in [-0.2, -0.15) is 0 Å². The van der Waals surface area contributed by atoms with Crippen LogP contribution in [0, 0.1) is 40.9 Å². The highest BCUT2D eigenvalue weighted by atomic mass is 16.1. The number of Topliss-reactive ketones (excluding diaryl/α,β-unsaturated/α-hetero) is 1. The summed E-state index contributed by atoms with van der Waals surface area (Å²) < 4.78 is 0. The van der Waals surface area contributed by atoms with Crippen LogP contribution in [0.1, 0.15) is 110 Å². The maximum Gasteiger partial charge on any atom is 0.220 e. The number of fused-ring (bicyclic) bond motifs is 2. The fraction of sp³-hybridized carbons (Fsp3) is 0.886. The van der Waals surface area contributed by atoms with Crippen LogP contribution in [0.3, 0.4) is 0 Å². The summed E-state index contributed by atoms with van der Waals surface area (Å²) in [5.74, 6) is 4.20. The second-order valence-corrected chi connectivity index (χ2v) is 14.6. The van der Waals surface area contributed by atoms with Crippen molar-refractivity contribution < 1.29 is 9.59 Å². The van der Waals surface area contributed by atoms with E-state index >= 15 is 0 Å². The molecule has 4 fully saturated rings. The molecule has 4 N–H and O–H groups in total. The number of carbonyl (C=O) groups excluding carboxylic acids is 2. The number of ketones is 1. The van der Waals surface area contributed by atoms with Crippen molar-refractivity contribution in [3.8, 4) is 0 Å². The first-order chi connectivity index (χ1) is 20.0. The number of allylic oxidation sites excluding steroid dienone is 2. The fourth-order valence-corrected chi connectivity index (χ4v) is 9.31. The maximum atomic E-state index is 13.9. The molecule has 1 spiro atoms. The van der Waals surface area contributed by atoms with Gasteiger partial charge >= 0.3 is 0 Å². The summed E-state index contributed by atoms with van der Waals surface area (Å²) in [5, 5.41) is 13.9. The van der Waals surface area contributed by atoms with Crippen LogP contribution >= 0.6 is 0 Å². The van der Waals surface area contributed by atoms with E-state index in [9.17, 15) is 9.59 Å². The van der Waals surface area contributed by atoms with E-state index in [-0.39, 0.29) is 17.2 Å². The standard InChI is InChI=1S/C35H60N4O2/c1-25-21-29(39-20-6-19-37-17-3-4-18-38-24-26-9-10-26)8-5-7-27-15-16-35-23-28(11-14-33(41)36-2)30(35)12-13-31(35)34(27)32(40)22-25/h23,25-27,29-31,34,37-39H,3-22,24H2,1-2H3,(H,36,41)/t25?,27?,29-,30+,31?,34?,35-/m0/s1. The summed E-state index contributed by atoms with van der Waals surface area (Å²) in [6.45, 7) is 8.03. The van der Waals surface area contributed by atoms with Crippen LogP contribution in [0.5, 0.6) is 0 Å². The van der Waals surface area contributed by atoms with Gasteiger partial charge in [0.05, 0.1) is 0 Å². The number of unbranched alkanes of at least 4 members (excludes halogenated alkanes) is 1. The number of rotatable bonds is 15. The first-order valence-corrected chi connectivity index (χ1v) is 17.6. The van der Waals surface area contributed by atoms with Gasteiger partial charge in [-0.25, -0.2) is 0 Å². The Morgan fingerprint density at radius 2 is 1.76 bits per heavy atom. The predicted molar refractivity (Wildman–Crippen MR) is 168 cm³/mol. The lowest BCUT2D eigenvalue weighted by atomic mass is 9.49. The van der Waals surface area contributed by atoms with Crippen molar-refractivity contribution in [3.63, 3.8) is 0 Å². The maximum absolute atomic E-state index is 13.9. The highest BCUT2D eigenvalue weighted by Crippen LogP contribution is 2.68. The number of nitrogens with one attached hydrogen (secondary N) is 4. The molecule has 0 aromatic heterocycles. The van der Waals surface area contributed by atoms with Gasteiger partial charge in [-0.3, -0.25) is 9.59 Å². The quantitative estimate of drug-likeness (QED) is 0.158. The van der Waals surface area contributed by atoms with Gasteiger partial charge in [0.25, 0.3) is 0 Å². The topological polar surface area (TPSA) is 82.3 Å². The molecule has 0 radical (unpaired) electrons. The van der Waals surface area contributed by atoms with E-state index in [1.54, 1.807) is 7.05 Å². The van der Waals surface area contributed by atoms with Crippen molar-refractivity contribution in [3.05, 3.63) is 11.6 Å². The molecular formula is C35H60N4O2. The first-order valence-electron chi connectivity index (χ1n) is 17.6. The molecule has 0 heterocycles. The lowest BCUT2D eigenvalue weighted by molar-refractivity contribution is -0.132. The SMILES string of the molecule is CNC(=O)CCC1=C[C@]23CCC4CCC[C@H](NCCCNCCCCNCC5CC5)CC(C)CC(=O)C4C2CC[C@H]13.